The summed E-state index contributed by atoms with van der Waals surface area (Å²) in [6.07, 6.45) is -4.43. The molecule has 4 heterocycles. The quantitative estimate of drug-likeness (QED) is 0.642. The predicted octanol–water partition coefficient (Wildman–Crippen LogP) is 1.79. The first-order valence-electron chi connectivity index (χ1n) is 11.6. The second-order valence-electron chi connectivity index (χ2n) is 9.45. The number of carboxylic acids is 1. The Kier molecular flexibility index (Phi) is 6.39. The number of benzene rings is 1. The Hall–Kier alpha value is -3.16. The van der Waals surface area contributed by atoms with Gasteiger partial charge in [0.1, 0.15) is 6.23 Å². The smallest absolute Gasteiger partial charge is 0.416 e. The summed E-state index contributed by atoms with van der Waals surface area (Å²) in [5.74, 6) is -0.672. The van der Waals surface area contributed by atoms with Crippen LogP contribution in [0.5, 0.6) is 0 Å². The number of hydrogen-bond donors (Lipinski definition) is 2. The number of halogens is 3. The van der Waals surface area contributed by atoms with Gasteiger partial charge < -0.3 is 19.8 Å². The van der Waals surface area contributed by atoms with Gasteiger partial charge in [-0.05, 0) is 23.8 Å². The van der Waals surface area contributed by atoms with Crippen LogP contribution >= 0.6 is 0 Å². The number of fused-ring (bicyclic) bond motifs is 1. The summed E-state index contributed by atoms with van der Waals surface area (Å²) in [7, 11) is 0. The SMILES string of the molecule is O=C(O)c1ccn(C(=O)N2CCN(Cc3ccc(C(F)(F)F)cc3N3CC4COCC4C3)CC2O)n1. The van der Waals surface area contributed by atoms with Crippen LogP contribution in [-0.2, 0) is 17.5 Å². The van der Waals surface area contributed by atoms with Gasteiger partial charge in [0.25, 0.3) is 0 Å². The number of aromatic nitrogens is 2. The number of aliphatic hydroxyl groups is 1. The molecule has 1 aromatic carbocycles. The van der Waals surface area contributed by atoms with Crippen molar-refractivity contribution in [2.45, 2.75) is 18.9 Å². The monoisotopic (exact) mass is 509 g/mol. The maximum atomic E-state index is 13.5. The largest absolute Gasteiger partial charge is 0.476 e. The van der Waals surface area contributed by atoms with Crippen LogP contribution in [0.25, 0.3) is 0 Å². The minimum absolute atomic E-state index is 0.0817. The first-order chi connectivity index (χ1) is 17.1. The van der Waals surface area contributed by atoms with Gasteiger partial charge in [0.15, 0.2) is 5.69 Å². The lowest BCUT2D eigenvalue weighted by molar-refractivity contribution is -0.137. The van der Waals surface area contributed by atoms with Crippen LogP contribution in [0.4, 0.5) is 23.7 Å². The second kappa shape index (κ2) is 9.37. The predicted molar refractivity (Wildman–Crippen MR) is 119 cm³/mol. The van der Waals surface area contributed by atoms with Gasteiger partial charge in [-0.25, -0.2) is 9.59 Å². The Balaban J connectivity index is 1.30. The number of aromatic carboxylic acids is 1. The van der Waals surface area contributed by atoms with Crippen molar-refractivity contribution < 1.29 is 37.7 Å². The topological polar surface area (TPSA) is 111 Å². The Morgan fingerprint density at radius 1 is 1.08 bits per heavy atom. The first kappa shape index (κ1) is 24.5. The lowest BCUT2D eigenvalue weighted by atomic mass is 10.0. The van der Waals surface area contributed by atoms with Crippen LogP contribution in [0.1, 0.15) is 21.6 Å². The van der Waals surface area contributed by atoms with Crippen molar-refractivity contribution in [2.24, 2.45) is 11.8 Å². The van der Waals surface area contributed by atoms with Crippen molar-refractivity contribution in [2.75, 3.05) is 50.8 Å². The summed E-state index contributed by atoms with van der Waals surface area (Å²) in [4.78, 5) is 28.8. The molecule has 2 N–H and O–H groups in total. The fraction of sp³-hybridized carbons (Fsp3) is 0.522. The molecule has 1 amide bonds. The summed E-state index contributed by atoms with van der Waals surface area (Å²) in [5.41, 5.74) is 0.257. The van der Waals surface area contributed by atoms with Gasteiger partial charge in [-0.2, -0.15) is 23.0 Å². The van der Waals surface area contributed by atoms with Gasteiger partial charge in [-0.1, -0.05) is 6.07 Å². The molecule has 13 heteroatoms. The van der Waals surface area contributed by atoms with Crippen LogP contribution in [-0.4, -0.2) is 94.0 Å². The fourth-order valence-corrected chi connectivity index (χ4v) is 5.15. The third-order valence-electron chi connectivity index (χ3n) is 7.08. The van der Waals surface area contributed by atoms with Crippen LogP contribution in [0.15, 0.2) is 30.5 Å². The minimum atomic E-state index is -4.46. The Morgan fingerprint density at radius 3 is 2.42 bits per heavy atom. The zero-order valence-electron chi connectivity index (χ0n) is 19.3. The third kappa shape index (κ3) is 4.77. The number of β-amino-alcohol motifs (C(OH)–C–C–N with tert-alkyl or cyclic N) is 1. The number of carboxylic acid groups (broad SMARTS) is 1. The highest BCUT2D eigenvalue weighted by Gasteiger charge is 2.39. The zero-order chi connectivity index (χ0) is 25.6. The molecule has 36 heavy (non-hydrogen) atoms. The molecule has 0 radical (unpaired) electrons. The highest BCUT2D eigenvalue weighted by molar-refractivity contribution is 5.86. The molecule has 2 aromatic rings. The maximum absolute atomic E-state index is 13.5. The highest BCUT2D eigenvalue weighted by Crippen LogP contribution is 2.38. The number of carbonyl (C=O) groups excluding carboxylic acids is 1. The molecule has 5 rings (SSSR count). The van der Waals surface area contributed by atoms with E-state index in [0.29, 0.717) is 62.5 Å². The Bertz CT molecular complexity index is 1140. The summed E-state index contributed by atoms with van der Waals surface area (Å²) in [6, 6.07) is 4.30. The fourth-order valence-electron chi connectivity index (χ4n) is 5.15. The number of anilines is 1. The van der Waals surface area contributed by atoms with E-state index in [0.717, 1.165) is 10.7 Å². The van der Waals surface area contributed by atoms with Gasteiger partial charge in [-0.15, -0.1) is 0 Å². The summed E-state index contributed by atoms with van der Waals surface area (Å²) >= 11 is 0. The van der Waals surface area contributed by atoms with Crippen LogP contribution < -0.4 is 4.90 Å². The van der Waals surface area contributed by atoms with Gasteiger partial charge >= 0.3 is 18.2 Å². The van der Waals surface area contributed by atoms with Crippen LogP contribution in [0.3, 0.4) is 0 Å². The van der Waals surface area contributed by atoms with E-state index in [-0.39, 0.29) is 18.8 Å². The maximum Gasteiger partial charge on any atom is 0.416 e. The molecule has 3 atom stereocenters. The standard InChI is InChI=1S/C23H26F3N5O5/c24-23(25,26)17-2-1-14(19(7-17)29-9-15-12-36-13-16(15)10-29)8-28-5-6-30(20(32)11-28)22(35)31-4-3-18(27-31)21(33)34/h1-4,7,15-16,20,32H,5-6,8-13H2,(H,33,34). The average Bonchev–Trinajstić information content (AvgIpc) is 3.55. The number of carbonyl (C=O) groups is 2. The molecule has 0 spiro atoms. The average molecular weight is 509 g/mol. The molecule has 3 aliphatic rings. The number of aliphatic hydroxyl groups excluding tert-OH is 1. The van der Waals surface area contributed by atoms with E-state index in [1.54, 1.807) is 0 Å². The van der Waals surface area contributed by atoms with Gasteiger partial charge in [0.05, 0.1) is 18.8 Å². The van der Waals surface area contributed by atoms with E-state index in [4.69, 9.17) is 9.84 Å². The minimum Gasteiger partial charge on any atom is -0.476 e. The molecule has 0 bridgehead atoms. The lowest BCUT2D eigenvalue weighted by Crippen LogP contribution is -2.56. The van der Waals surface area contributed by atoms with Crippen LogP contribution in [0.2, 0.25) is 0 Å². The molecule has 3 unspecified atom stereocenters. The van der Waals surface area contributed by atoms with Crippen molar-refractivity contribution in [1.82, 2.24) is 19.6 Å². The van der Waals surface area contributed by atoms with Crippen molar-refractivity contribution in [3.63, 3.8) is 0 Å². The van der Waals surface area contributed by atoms with Crippen molar-refractivity contribution in [1.29, 1.82) is 0 Å². The van der Waals surface area contributed by atoms with E-state index < -0.39 is 30.0 Å². The molecular weight excluding hydrogens is 483 g/mol. The number of alkyl halides is 3. The number of rotatable bonds is 4. The van der Waals surface area contributed by atoms with Crippen molar-refractivity contribution in [3.05, 3.63) is 47.3 Å². The Labute approximate surface area is 204 Å². The molecule has 0 saturated carbocycles. The van der Waals surface area contributed by atoms with E-state index in [9.17, 15) is 27.9 Å². The molecule has 3 saturated heterocycles. The number of hydrogen-bond acceptors (Lipinski definition) is 7. The molecule has 10 nitrogen and oxygen atoms in total. The zero-order valence-corrected chi connectivity index (χ0v) is 19.3. The van der Waals surface area contributed by atoms with Crippen LogP contribution in [0, 0.1) is 11.8 Å². The number of ether oxygens (including phenoxy) is 1. The van der Waals surface area contributed by atoms with Gasteiger partial charge in [0, 0.05) is 63.0 Å². The van der Waals surface area contributed by atoms with E-state index in [1.807, 2.05) is 9.80 Å². The molecule has 1 aromatic heterocycles. The first-order valence-corrected chi connectivity index (χ1v) is 11.6. The molecule has 3 aliphatic heterocycles. The Morgan fingerprint density at radius 2 is 1.81 bits per heavy atom. The lowest BCUT2D eigenvalue weighted by Gasteiger charge is -2.38. The molecular formula is C23H26F3N5O5. The normalized spacial score (nSPS) is 24.8. The summed E-state index contributed by atoms with van der Waals surface area (Å²) < 4.78 is 46.8. The molecule has 0 aliphatic carbocycles. The van der Waals surface area contributed by atoms with Gasteiger partial charge in [0.2, 0.25) is 0 Å². The number of amides is 1. The summed E-state index contributed by atoms with van der Waals surface area (Å²) in [5, 5.41) is 23.3. The van der Waals surface area contributed by atoms with Crippen molar-refractivity contribution in [3.8, 4) is 0 Å². The molecule has 3 fully saturated rings. The van der Waals surface area contributed by atoms with Gasteiger partial charge in [-0.3, -0.25) is 9.80 Å². The third-order valence-corrected chi connectivity index (χ3v) is 7.08. The van der Waals surface area contributed by atoms with E-state index in [2.05, 4.69) is 5.10 Å². The second-order valence-corrected chi connectivity index (χ2v) is 9.45. The highest BCUT2D eigenvalue weighted by atomic mass is 19.4. The van der Waals surface area contributed by atoms with Crippen molar-refractivity contribution >= 4 is 17.7 Å². The summed E-state index contributed by atoms with van der Waals surface area (Å²) in [6.45, 7) is 3.39. The molecule has 194 valence electrons. The van der Waals surface area contributed by atoms with E-state index >= 15 is 0 Å². The number of nitrogens with zero attached hydrogens (tertiary/aromatic N) is 5. The van der Waals surface area contributed by atoms with E-state index in [1.165, 1.54) is 29.3 Å². The number of piperazine rings is 1.